The van der Waals surface area contributed by atoms with E-state index in [1.54, 1.807) is 0 Å². The van der Waals surface area contributed by atoms with E-state index in [1.165, 1.54) is 6.42 Å². The number of hydrogen-bond donors (Lipinski definition) is 1. The van der Waals surface area contributed by atoms with Gasteiger partial charge in [0.2, 0.25) is 9.05 Å². The Kier molecular flexibility index (Phi) is 7.37. The molecule has 0 saturated heterocycles. The van der Waals surface area contributed by atoms with E-state index in [0.29, 0.717) is 0 Å². The van der Waals surface area contributed by atoms with Gasteiger partial charge in [0.15, 0.2) is 0 Å². The Labute approximate surface area is 148 Å². The lowest BCUT2D eigenvalue weighted by Gasteiger charge is -2.29. The van der Waals surface area contributed by atoms with Gasteiger partial charge < -0.3 is 10.1 Å². The summed E-state index contributed by atoms with van der Waals surface area (Å²) in [7, 11) is 1.84. The summed E-state index contributed by atoms with van der Waals surface area (Å²) in [6.45, 7) is 0.457. The molecule has 0 aromatic heterocycles. The highest BCUT2D eigenvalue weighted by Crippen LogP contribution is 2.31. The van der Waals surface area contributed by atoms with Crippen LogP contribution in [0.5, 0.6) is 0 Å². The van der Waals surface area contributed by atoms with E-state index in [0.717, 1.165) is 31.2 Å². The fourth-order valence-corrected chi connectivity index (χ4v) is 4.60. The van der Waals surface area contributed by atoms with Crippen molar-refractivity contribution in [3.63, 3.8) is 0 Å². The highest BCUT2D eigenvalue weighted by Gasteiger charge is 2.28. The van der Waals surface area contributed by atoms with Gasteiger partial charge >= 0.3 is 6.09 Å². The van der Waals surface area contributed by atoms with Gasteiger partial charge in [-0.05, 0) is 17.4 Å². The van der Waals surface area contributed by atoms with Crippen molar-refractivity contribution in [2.75, 3.05) is 12.3 Å². The number of benzene rings is 1. The number of rotatable bonds is 7. The largest absolute Gasteiger partial charge is 0.445 e. The van der Waals surface area contributed by atoms with Crippen molar-refractivity contribution in [3.05, 3.63) is 35.9 Å². The van der Waals surface area contributed by atoms with Gasteiger partial charge in [-0.1, -0.05) is 62.4 Å². The van der Waals surface area contributed by atoms with E-state index < -0.39 is 15.1 Å². The molecule has 0 spiro atoms. The Balaban J connectivity index is 1.83. The molecule has 5 nitrogen and oxygen atoms in total. The summed E-state index contributed by atoms with van der Waals surface area (Å²) in [6, 6.07) is 9.39. The van der Waals surface area contributed by atoms with Crippen LogP contribution in [0.3, 0.4) is 0 Å². The fraction of sp³-hybridized carbons (Fsp3) is 0.588. The predicted molar refractivity (Wildman–Crippen MR) is 94.3 cm³/mol. The fourth-order valence-electron chi connectivity index (χ4n) is 3.21. The third-order valence-electron chi connectivity index (χ3n) is 4.45. The summed E-state index contributed by atoms with van der Waals surface area (Å²) in [5.41, 5.74) is 0.903. The molecule has 0 aliphatic heterocycles. The van der Waals surface area contributed by atoms with Crippen LogP contribution in [0, 0.1) is 11.8 Å². The van der Waals surface area contributed by atoms with E-state index in [1.807, 2.05) is 30.3 Å². The zero-order chi connectivity index (χ0) is 17.4. The zero-order valence-electron chi connectivity index (χ0n) is 13.6. The van der Waals surface area contributed by atoms with Gasteiger partial charge in [0, 0.05) is 17.2 Å². The molecule has 1 amide bonds. The molecule has 24 heavy (non-hydrogen) atoms. The number of hydrogen-bond acceptors (Lipinski definition) is 4. The molecule has 134 valence electrons. The molecule has 1 atom stereocenters. The summed E-state index contributed by atoms with van der Waals surface area (Å²) in [5.74, 6) is -0.00293. The van der Waals surface area contributed by atoms with Crippen molar-refractivity contribution in [2.45, 2.75) is 38.7 Å². The maximum atomic E-state index is 11.9. The molecule has 1 unspecified atom stereocenters. The molecule has 0 radical (unpaired) electrons. The van der Waals surface area contributed by atoms with Gasteiger partial charge in [-0.15, -0.1) is 0 Å². The van der Waals surface area contributed by atoms with Gasteiger partial charge in [-0.3, -0.25) is 0 Å². The molecule has 0 heterocycles. The molecular formula is C17H24ClNO4S. The molecule has 1 aliphatic rings. The highest BCUT2D eigenvalue weighted by molar-refractivity contribution is 8.13. The SMILES string of the molecule is O=C(NCC(CS(=O)(=O)Cl)C1CCCCC1)OCc1ccccc1. The zero-order valence-corrected chi connectivity index (χ0v) is 15.2. The van der Waals surface area contributed by atoms with Gasteiger partial charge in [0.1, 0.15) is 6.61 Å². The maximum absolute atomic E-state index is 11.9. The number of carbonyl (C=O) groups excluding carboxylic acids is 1. The van der Waals surface area contributed by atoms with E-state index in [2.05, 4.69) is 5.32 Å². The first-order chi connectivity index (χ1) is 11.4. The van der Waals surface area contributed by atoms with Crippen LogP contribution in [-0.2, 0) is 20.4 Å². The minimum atomic E-state index is -3.60. The number of carbonyl (C=O) groups is 1. The average Bonchev–Trinajstić information content (AvgIpc) is 2.57. The molecule has 1 aliphatic carbocycles. The summed E-state index contributed by atoms with van der Waals surface area (Å²) >= 11 is 0. The number of alkyl carbamates (subject to hydrolysis) is 1. The summed E-state index contributed by atoms with van der Waals surface area (Å²) in [5, 5.41) is 2.69. The molecule has 1 aromatic carbocycles. The van der Waals surface area contributed by atoms with Crippen LogP contribution in [0.15, 0.2) is 30.3 Å². The van der Waals surface area contributed by atoms with Crippen LogP contribution in [-0.4, -0.2) is 26.8 Å². The van der Waals surface area contributed by atoms with Gasteiger partial charge in [0.05, 0.1) is 5.75 Å². The van der Waals surface area contributed by atoms with Crippen molar-refractivity contribution < 1.29 is 17.9 Å². The average molecular weight is 374 g/mol. The number of ether oxygens (including phenoxy) is 1. The summed E-state index contributed by atoms with van der Waals surface area (Å²) in [4.78, 5) is 11.9. The lowest BCUT2D eigenvalue weighted by Crippen LogP contribution is -2.36. The topological polar surface area (TPSA) is 72.5 Å². The quantitative estimate of drug-likeness (QED) is 0.740. The van der Waals surface area contributed by atoms with E-state index in [-0.39, 0.29) is 30.7 Å². The summed E-state index contributed by atoms with van der Waals surface area (Å²) in [6.07, 6.45) is 4.81. The third kappa shape index (κ3) is 7.09. The van der Waals surface area contributed by atoms with E-state index in [4.69, 9.17) is 15.4 Å². The van der Waals surface area contributed by atoms with Crippen LogP contribution < -0.4 is 5.32 Å². The number of halogens is 1. The molecule has 1 N–H and O–H groups in total. The standard InChI is InChI=1S/C17H24ClNO4S/c18-24(21,22)13-16(15-9-5-2-6-10-15)11-19-17(20)23-12-14-7-3-1-4-8-14/h1,3-4,7-8,15-16H,2,5-6,9-13H2,(H,19,20). The Morgan fingerprint density at radius 3 is 2.50 bits per heavy atom. The molecule has 1 saturated carbocycles. The lowest BCUT2D eigenvalue weighted by molar-refractivity contribution is 0.135. The first kappa shape index (κ1) is 19.1. The maximum Gasteiger partial charge on any atom is 0.407 e. The van der Waals surface area contributed by atoms with Crippen molar-refractivity contribution >= 4 is 25.8 Å². The van der Waals surface area contributed by atoms with Gasteiger partial charge in [0.25, 0.3) is 0 Å². The van der Waals surface area contributed by atoms with Crippen LogP contribution in [0.4, 0.5) is 4.79 Å². The second kappa shape index (κ2) is 9.28. The number of amides is 1. The Morgan fingerprint density at radius 1 is 1.21 bits per heavy atom. The van der Waals surface area contributed by atoms with Crippen LogP contribution >= 0.6 is 10.7 Å². The monoisotopic (exact) mass is 373 g/mol. The van der Waals surface area contributed by atoms with Crippen LogP contribution in [0.1, 0.15) is 37.7 Å². The molecular weight excluding hydrogens is 350 g/mol. The highest BCUT2D eigenvalue weighted by atomic mass is 35.7. The first-order valence-corrected chi connectivity index (χ1v) is 10.8. The minimum Gasteiger partial charge on any atom is -0.445 e. The van der Waals surface area contributed by atoms with E-state index in [9.17, 15) is 13.2 Å². The smallest absolute Gasteiger partial charge is 0.407 e. The Bertz CT molecular complexity index is 615. The van der Waals surface area contributed by atoms with E-state index >= 15 is 0 Å². The molecule has 2 rings (SSSR count). The second-order valence-corrected chi connectivity index (χ2v) is 9.13. The molecule has 1 aromatic rings. The van der Waals surface area contributed by atoms with Gasteiger partial charge in [-0.2, -0.15) is 0 Å². The Hall–Kier alpha value is -1.27. The molecule has 0 bridgehead atoms. The summed E-state index contributed by atoms with van der Waals surface area (Å²) < 4.78 is 28.1. The lowest BCUT2D eigenvalue weighted by atomic mass is 9.81. The van der Waals surface area contributed by atoms with Crippen molar-refractivity contribution in [1.82, 2.24) is 5.32 Å². The molecule has 1 fully saturated rings. The normalized spacial score (nSPS) is 17.2. The van der Waals surface area contributed by atoms with Crippen molar-refractivity contribution in [1.29, 1.82) is 0 Å². The minimum absolute atomic E-state index is 0.113. The van der Waals surface area contributed by atoms with Crippen LogP contribution in [0.25, 0.3) is 0 Å². The third-order valence-corrected chi connectivity index (χ3v) is 5.66. The van der Waals surface area contributed by atoms with Crippen molar-refractivity contribution in [3.8, 4) is 0 Å². The number of nitrogens with one attached hydrogen (secondary N) is 1. The van der Waals surface area contributed by atoms with Crippen molar-refractivity contribution in [2.24, 2.45) is 11.8 Å². The Morgan fingerprint density at radius 2 is 1.88 bits per heavy atom. The predicted octanol–water partition coefficient (Wildman–Crippen LogP) is 3.68. The van der Waals surface area contributed by atoms with Crippen LogP contribution in [0.2, 0.25) is 0 Å². The van der Waals surface area contributed by atoms with Gasteiger partial charge in [-0.25, -0.2) is 13.2 Å². The first-order valence-electron chi connectivity index (χ1n) is 8.31. The molecule has 7 heteroatoms. The second-order valence-electron chi connectivity index (χ2n) is 6.31.